The van der Waals surface area contributed by atoms with E-state index in [0.29, 0.717) is 0 Å². The summed E-state index contributed by atoms with van der Waals surface area (Å²) < 4.78 is 37.3. The van der Waals surface area contributed by atoms with Gasteiger partial charge in [-0.2, -0.15) is 18.4 Å². The maximum Gasteiger partial charge on any atom is 0.416 e. The molecule has 0 aliphatic rings. The summed E-state index contributed by atoms with van der Waals surface area (Å²) in [4.78, 5) is 11.4. The second kappa shape index (κ2) is 6.09. The Morgan fingerprint density at radius 3 is 2.74 bits per heavy atom. The van der Waals surface area contributed by atoms with Gasteiger partial charge in [-0.25, -0.2) is 4.79 Å². The molecule has 0 heterocycles. The number of amides is 2. The molecule has 19 heavy (non-hydrogen) atoms. The third-order valence-electron chi connectivity index (χ3n) is 2.24. The molecule has 7 heteroatoms. The van der Waals surface area contributed by atoms with Crippen molar-refractivity contribution in [3.8, 4) is 6.07 Å². The molecule has 2 N–H and O–H groups in total. The van der Waals surface area contributed by atoms with Crippen LogP contribution in [0.1, 0.15) is 12.5 Å². The van der Waals surface area contributed by atoms with Crippen LogP contribution in [0.4, 0.5) is 23.7 Å². The summed E-state index contributed by atoms with van der Waals surface area (Å²) in [6.45, 7) is 1.74. The van der Waals surface area contributed by atoms with Gasteiger partial charge in [0.15, 0.2) is 0 Å². The predicted octanol–water partition coefficient (Wildman–Crippen LogP) is 2.99. The number of anilines is 1. The van der Waals surface area contributed by atoms with Crippen molar-refractivity contribution in [2.24, 2.45) is 5.92 Å². The van der Waals surface area contributed by atoms with Crippen molar-refractivity contribution < 1.29 is 18.0 Å². The Balaban J connectivity index is 2.63. The molecule has 0 aliphatic heterocycles. The molecule has 1 aromatic rings. The summed E-state index contributed by atoms with van der Waals surface area (Å²) in [6, 6.07) is 5.58. The number of hydrogen-bond acceptors (Lipinski definition) is 2. The molecular formula is C12H12F3N3O. The van der Waals surface area contributed by atoms with Crippen LogP contribution in [0.2, 0.25) is 0 Å². The molecule has 0 saturated carbocycles. The largest absolute Gasteiger partial charge is 0.416 e. The number of nitrogens with zero attached hydrogens (tertiary/aromatic N) is 1. The fraction of sp³-hybridized carbons (Fsp3) is 0.333. The fourth-order valence-corrected chi connectivity index (χ4v) is 1.24. The van der Waals surface area contributed by atoms with Gasteiger partial charge in [-0.3, -0.25) is 0 Å². The maximum atomic E-state index is 12.4. The summed E-state index contributed by atoms with van der Waals surface area (Å²) in [5.41, 5.74) is -0.798. The van der Waals surface area contributed by atoms with Gasteiger partial charge in [0, 0.05) is 12.2 Å². The van der Waals surface area contributed by atoms with Crippen LogP contribution in [0, 0.1) is 17.2 Å². The highest BCUT2D eigenvalue weighted by Crippen LogP contribution is 2.30. The third kappa shape index (κ3) is 4.87. The molecular weight excluding hydrogens is 259 g/mol. The molecule has 0 aliphatic carbocycles. The molecule has 0 bridgehead atoms. The number of rotatable bonds is 3. The molecule has 0 aromatic heterocycles. The van der Waals surface area contributed by atoms with Crippen LogP contribution >= 0.6 is 0 Å². The lowest BCUT2D eigenvalue weighted by atomic mass is 10.2. The molecule has 1 atom stereocenters. The Bertz CT molecular complexity index is 494. The van der Waals surface area contributed by atoms with E-state index in [-0.39, 0.29) is 18.2 Å². The van der Waals surface area contributed by atoms with Crippen molar-refractivity contribution >= 4 is 11.7 Å². The number of alkyl halides is 3. The van der Waals surface area contributed by atoms with Crippen LogP contribution in [0.15, 0.2) is 24.3 Å². The zero-order chi connectivity index (χ0) is 14.5. The van der Waals surface area contributed by atoms with Gasteiger partial charge in [0.1, 0.15) is 0 Å². The molecule has 0 radical (unpaired) electrons. The van der Waals surface area contributed by atoms with Crippen molar-refractivity contribution in [2.45, 2.75) is 13.1 Å². The smallest absolute Gasteiger partial charge is 0.337 e. The lowest BCUT2D eigenvalue weighted by Crippen LogP contribution is -2.32. The molecule has 0 saturated heterocycles. The zero-order valence-electron chi connectivity index (χ0n) is 10.1. The zero-order valence-corrected chi connectivity index (χ0v) is 10.1. The summed E-state index contributed by atoms with van der Waals surface area (Å²) in [5, 5.41) is 13.2. The number of halogens is 3. The Hall–Kier alpha value is -2.23. The summed E-state index contributed by atoms with van der Waals surface area (Å²) in [5.74, 6) is -0.368. The van der Waals surface area contributed by atoms with Crippen molar-refractivity contribution in [1.29, 1.82) is 5.26 Å². The van der Waals surface area contributed by atoms with E-state index in [1.807, 2.05) is 6.07 Å². The first-order chi connectivity index (χ1) is 8.82. The van der Waals surface area contributed by atoms with Gasteiger partial charge in [0.2, 0.25) is 0 Å². The van der Waals surface area contributed by atoms with Crippen LogP contribution < -0.4 is 10.6 Å². The van der Waals surface area contributed by atoms with Crippen LogP contribution in [-0.4, -0.2) is 12.6 Å². The van der Waals surface area contributed by atoms with Crippen LogP contribution in [0.25, 0.3) is 0 Å². The molecule has 0 spiro atoms. The quantitative estimate of drug-likeness (QED) is 0.887. The molecule has 1 unspecified atom stereocenters. The lowest BCUT2D eigenvalue weighted by Gasteiger charge is -2.11. The Labute approximate surface area is 108 Å². The standard InChI is InChI=1S/C12H12F3N3O/c1-8(6-16)7-17-11(19)18-10-4-2-3-9(5-10)12(13,14)15/h2-5,8H,7H2,1H3,(H2,17,18,19). The van der Waals surface area contributed by atoms with Crippen LogP contribution in [-0.2, 0) is 6.18 Å². The minimum absolute atomic E-state index is 0.0388. The van der Waals surface area contributed by atoms with Gasteiger partial charge in [-0.15, -0.1) is 0 Å². The first-order valence-corrected chi connectivity index (χ1v) is 5.44. The van der Waals surface area contributed by atoms with Gasteiger partial charge < -0.3 is 10.6 Å². The van der Waals surface area contributed by atoms with E-state index < -0.39 is 17.8 Å². The molecule has 102 valence electrons. The molecule has 4 nitrogen and oxygen atoms in total. The maximum absolute atomic E-state index is 12.4. The van der Waals surface area contributed by atoms with Crippen LogP contribution in [0.3, 0.4) is 0 Å². The monoisotopic (exact) mass is 271 g/mol. The third-order valence-corrected chi connectivity index (χ3v) is 2.24. The summed E-state index contributed by atoms with van der Waals surface area (Å²) in [6.07, 6.45) is -4.45. The van der Waals surface area contributed by atoms with E-state index in [1.54, 1.807) is 6.92 Å². The van der Waals surface area contributed by atoms with E-state index in [0.717, 1.165) is 12.1 Å². The van der Waals surface area contributed by atoms with Crippen molar-refractivity contribution in [1.82, 2.24) is 5.32 Å². The second-order valence-electron chi connectivity index (χ2n) is 3.94. The van der Waals surface area contributed by atoms with Gasteiger partial charge in [-0.05, 0) is 25.1 Å². The highest BCUT2D eigenvalue weighted by atomic mass is 19.4. The Morgan fingerprint density at radius 1 is 1.47 bits per heavy atom. The Kier molecular flexibility index (Phi) is 4.75. The van der Waals surface area contributed by atoms with Gasteiger partial charge in [0.25, 0.3) is 0 Å². The summed E-state index contributed by atoms with van der Waals surface area (Å²) in [7, 11) is 0. The highest BCUT2D eigenvalue weighted by molar-refractivity contribution is 5.89. The highest BCUT2D eigenvalue weighted by Gasteiger charge is 2.30. The Morgan fingerprint density at radius 2 is 2.16 bits per heavy atom. The first-order valence-electron chi connectivity index (χ1n) is 5.44. The van der Waals surface area contributed by atoms with Crippen LogP contribution in [0.5, 0.6) is 0 Å². The predicted molar refractivity (Wildman–Crippen MR) is 63.2 cm³/mol. The normalized spacial score (nSPS) is 12.4. The average molecular weight is 271 g/mol. The molecule has 2 amide bonds. The van der Waals surface area contributed by atoms with E-state index in [2.05, 4.69) is 10.6 Å². The number of benzene rings is 1. The number of carbonyl (C=O) groups is 1. The number of hydrogen-bond donors (Lipinski definition) is 2. The van der Waals surface area contributed by atoms with E-state index in [9.17, 15) is 18.0 Å². The van der Waals surface area contributed by atoms with Crippen molar-refractivity contribution in [3.63, 3.8) is 0 Å². The number of nitriles is 1. The van der Waals surface area contributed by atoms with E-state index in [1.165, 1.54) is 12.1 Å². The average Bonchev–Trinajstić information content (AvgIpc) is 2.35. The number of nitrogens with one attached hydrogen (secondary N) is 2. The first kappa shape index (κ1) is 14.8. The fourth-order valence-electron chi connectivity index (χ4n) is 1.24. The summed E-state index contributed by atoms with van der Waals surface area (Å²) >= 11 is 0. The van der Waals surface area contributed by atoms with E-state index >= 15 is 0 Å². The second-order valence-corrected chi connectivity index (χ2v) is 3.94. The topological polar surface area (TPSA) is 64.9 Å². The van der Waals surface area contributed by atoms with Gasteiger partial charge in [0.05, 0.1) is 17.6 Å². The minimum Gasteiger partial charge on any atom is -0.337 e. The molecule has 1 rings (SSSR count). The van der Waals surface area contributed by atoms with Crippen molar-refractivity contribution in [3.05, 3.63) is 29.8 Å². The molecule has 1 aromatic carbocycles. The SMILES string of the molecule is CC(C#N)CNC(=O)Nc1cccc(C(F)(F)F)c1. The van der Waals surface area contributed by atoms with E-state index in [4.69, 9.17) is 5.26 Å². The van der Waals surface area contributed by atoms with Gasteiger partial charge >= 0.3 is 12.2 Å². The minimum atomic E-state index is -4.45. The molecule has 0 fully saturated rings. The van der Waals surface area contributed by atoms with Gasteiger partial charge in [-0.1, -0.05) is 6.07 Å². The number of urea groups is 1. The lowest BCUT2D eigenvalue weighted by molar-refractivity contribution is -0.137. The number of carbonyl (C=O) groups excluding carboxylic acids is 1. The van der Waals surface area contributed by atoms with Crippen molar-refractivity contribution in [2.75, 3.05) is 11.9 Å².